The minimum absolute atomic E-state index is 0.658. The van der Waals surface area contributed by atoms with Crippen LogP contribution in [0, 0.1) is 0 Å². The highest BCUT2D eigenvalue weighted by molar-refractivity contribution is 4.97. The number of aromatic nitrogens is 2. The molecule has 1 rings (SSSR count). The van der Waals surface area contributed by atoms with E-state index in [2.05, 4.69) is 11.6 Å². The number of rotatable bonds is 4. The zero-order valence-corrected chi connectivity index (χ0v) is 6.53. The molecule has 0 saturated carbocycles. The van der Waals surface area contributed by atoms with Crippen LogP contribution in [0.5, 0.6) is 0 Å². The van der Waals surface area contributed by atoms with Crippen molar-refractivity contribution in [2.45, 2.75) is 13.0 Å². The quantitative estimate of drug-likeness (QED) is 0.639. The lowest BCUT2D eigenvalue weighted by Gasteiger charge is -1.92. The first kappa shape index (κ1) is 8.01. The van der Waals surface area contributed by atoms with Crippen LogP contribution >= 0.6 is 0 Å². The lowest BCUT2D eigenvalue weighted by Crippen LogP contribution is -2.02. The van der Waals surface area contributed by atoms with Gasteiger partial charge in [-0.05, 0) is 6.54 Å². The molecule has 0 aliphatic rings. The molecular formula is C8H13N3. The predicted octanol–water partition coefficient (Wildman–Crippen LogP) is 0.570. The number of hydrogen-bond donors (Lipinski definition) is 1. The maximum Gasteiger partial charge on any atom is 0.0952 e. The summed E-state index contributed by atoms with van der Waals surface area (Å²) in [7, 11) is 0. The van der Waals surface area contributed by atoms with E-state index in [-0.39, 0.29) is 0 Å². The van der Waals surface area contributed by atoms with E-state index in [1.807, 2.05) is 16.8 Å². The zero-order valence-electron chi connectivity index (χ0n) is 6.53. The smallest absolute Gasteiger partial charge is 0.0952 e. The Morgan fingerprint density at radius 3 is 3.18 bits per heavy atom. The molecule has 0 saturated heterocycles. The van der Waals surface area contributed by atoms with Gasteiger partial charge in [-0.25, -0.2) is 4.98 Å². The van der Waals surface area contributed by atoms with E-state index in [9.17, 15) is 0 Å². The Morgan fingerprint density at radius 2 is 2.55 bits per heavy atom. The van der Waals surface area contributed by atoms with E-state index >= 15 is 0 Å². The Hall–Kier alpha value is -1.09. The summed E-state index contributed by atoms with van der Waals surface area (Å²) in [6.45, 7) is 5.11. The van der Waals surface area contributed by atoms with Crippen LogP contribution in [-0.2, 0) is 13.0 Å². The van der Waals surface area contributed by atoms with Gasteiger partial charge in [-0.3, -0.25) is 0 Å². The summed E-state index contributed by atoms with van der Waals surface area (Å²) in [4.78, 5) is 4.16. The second kappa shape index (κ2) is 3.93. The third-order valence-electron chi connectivity index (χ3n) is 1.43. The van der Waals surface area contributed by atoms with Crippen molar-refractivity contribution in [3.63, 3.8) is 0 Å². The molecule has 0 bridgehead atoms. The topological polar surface area (TPSA) is 43.8 Å². The molecule has 0 radical (unpaired) electrons. The highest BCUT2D eigenvalue weighted by Crippen LogP contribution is 1.95. The van der Waals surface area contributed by atoms with Gasteiger partial charge in [0.25, 0.3) is 0 Å². The van der Waals surface area contributed by atoms with Crippen molar-refractivity contribution in [2.75, 3.05) is 6.54 Å². The normalized spacial score (nSPS) is 9.91. The lowest BCUT2D eigenvalue weighted by molar-refractivity contribution is 0.820. The predicted molar refractivity (Wildman–Crippen MR) is 45.2 cm³/mol. The van der Waals surface area contributed by atoms with Gasteiger partial charge in [0.1, 0.15) is 0 Å². The van der Waals surface area contributed by atoms with Crippen molar-refractivity contribution in [3.05, 3.63) is 30.9 Å². The SMILES string of the molecule is C=CCn1cnc(CCN)c1. The van der Waals surface area contributed by atoms with Crippen molar-refractivity contribution in [1.82, 2.24) is 9.55 Å². The minimum Gasteiger partial charge on any atom is -0.333 e. The van der Waals surface area contributed by atoms with Crippen molar-refractivity contribution in [3.8, 4) is 0 Å². The highest BCUT2D eigenvalue weighted by Gasteiger charge is 1.94. The molecule has 3 heteroatoms. The zero-order chi connectivity index (χ0) is 8.10. The summed E-state index contributed by atoms with van der Waals surface area (Å²) in [5, 5.41) is 0. The molecule has 0 aliphatic carbocycles. The van der Waals surface area contributed by atoms with Gasteiger partial charge >= 0.3 is 0 Å². The molecule has 0 amide bonds. The van der Waals surface area contributed by atoms with E-state index in [0.29, 0.717) is 6.54 Å². The second-order valence-electron chi connectivity index (χ2n) is 2.39. The summed E-state index contributed by atoms with van der Waals surface area (Å²) in [5.41, 5.74) is 6.42. The van der Waals surface area contributed by atoms with E-state index in [4.69, 9.17) is 5.73 Å². The van der Waals surface area contributed by atoms with Crippen LogP contribution in [0.3, 0.4) is 0 Å². The van der Waals surface area contributed by atoms with Crippen LogP contribution < -0.4 is 5.73 Å². The summed E-state index contributed by atoms with van der Waals surface area (Å²) < 4.78 is 1.98. The third kappa shape index (κ3) is 2.20. The summed E-state index contributed by atoms with van der Waals surface area (Å²) in [5.74, 6) is 0. The Bertz CT molecular complexity index is 227. The summed E-state index contributed by atoms with van der Waals surface area (Å²) in [6, 6.07) is 0. The van der Waals surface area contributed by atoms with Crippen LogP contribution in [0.15, 0.2) is 25.2 Å². The molecule has 0 unspecified atom stereocenters. The largest absolute Gasteiger partial charge is 0.333 e. The van der Waals surface area contributed by atoms with Gasteiger partial charge in [0, 0.05) is 19.2 Å². The highest BCUT2D eigenvalue weighted by atomic mass is 15.0. The molecule has 11 heavy (non-hydrogen) atoms. The Labute approximate surface area is 66.5 Å². The Kier molecular flexibility index (Phi) is 2.86. The standard InChI is InChI=1S/C8H13N3/c1-2-5-11-6-8(3-4-9)10-7-11/h2,6-7H,1,3-5,9H2. The fourth-order valence-electron chi connectivity index (χ4n) is 0.932. The molecule has 1 aromatic rings. The molecule has 1 heterocycles. The van der Waals surface area contributed by atoms with Gasteiger partial charge in [0.05, 0.1) is 12.0 Å². The van der Waals surface area contributed by atoms with Gasteiger partial charge in [-0.2, -0.15) is 0 Å². The van der Waals surface area contributed by atoms with Crippen LogP contribution in [-0.4, -0.2) is 16.1 Å². The van der Waals surface area contributed by atoms with Crippen LogP contribution in [0.4, 0.5) is 0 Å². The monoisotopic (exact) mass is 151 g/mol. The van der Waals surface area contributed by atoms with Crippen molar-refractivity contribution >= 4 is 0 Å². The molecule has 3 nitrogen and oxygen atoms in total. The fourth-order valence-corrected chi connectivity index (χ4v) is 0.932. The van der Waals surface area contributed by atoms with E-state index in [0.717, 1.165) is 18.7 Å². The van der Waals surface area contributed by atoms with Gasteiger partial charge in [-0.15, -0.1) is 6.58 Å². The Balaban J connectivity index is 2.57. The number of imidazole rings is 1. The molecule has 2 N–H and O–H groups in total. The number of hydrogen-bond acceptors (Lipinski definition) is 2. The van der Waals surface area contributed by atoms with Crippen LogP contribution in [0.25, 0.3) is 0 Å². The van der Waals surface area contributed by atoms with Crippen LogP contribution in [0.2, 0.25) is 0 Å². The Morgan fingerprint density at radius 1 is 1.73 bits per heavy atom. The average Bonchev–Trinajstić information content (AvgIpc) is 2.38. The van der Waals surface area contributed by atoms with Crippen molar-refractivity contribution in [2.24, 2.45) is 5.73 Å². The number of nitrogens with two attached hydrogens (primary N) is 1. The molecule has 0 aliphatic heterocycles. The number of allylic oxidation sites excluding steroid dienone is 1. The molecule has 0 aromatic carbocycles. The van der Waals surface area contributed by atoms with Crippen LogP contribution in [0.1, 0.15) is 5.69 Å². The first-order valence-corrected chi connectivity index (χ1v) is 3.68. The molecular weight excluding hydrogens is 138 g/mol. The fraction of sp³-hybridized carbons (Fsp3) is 0.375. The van der Waals surface area contributed by atoms with E-state index in [1.54, 1.807) is 6.33 Å². The maximum atomic E-state index is 5.37. The second-order valence-corrected chi connectivity index (χ2v) is 2.39. The van der Waals surface area contributed by atoms with Gasteiger partial charge in [-0.1, -0.05) is 6.08 Å². The van der Waals surface area contributed by atoms with E-state index < -0.39 is 0 Å². The molecule has 0 fully saturated rings. The molecule has 1 aromatic heterocycles. The van der Waals surface area contributed by atoms with Gasteiger partial charge in [0.15, 0.2) is 0 Å². The summed E-state index contributed by atoms with van der Waals surface area (Å²) >= 11 is 0. The maximum absolute atomic E-state index is 5.37. The third-order valence-corrected chi connectivity index (χ3v) is 1.43. The lowest BCUT2D eigenvalue weighted by atomic mass is 10.3. The first-order valence-electron chi connectivity index (χ1n) is 3.68. The van der Waals surface area contributed by atoms with Gasteiger partial charge in [0.2, 0.25) is 0 Å². The average molecular weight is 151 g/mol. The summed E-state index contributed by atoms with van der Waals surface area (Å²) in [6.07, 6.45) is 6.49. The first-order chi connectivity index (χ1) is 5.36. The van der Waals surface area contributed by atoms with Gasteiger partial charge < -0.3 is 10.3 Å². The molecule has 60 valence electrons. The minimum atomic E-state index is 0.658. The van der Waals surface area contributed by atoms with E-state index in [1.165, 1.54) is 0 Å². The van der Waals surface area contributed by atoms with Crippen molar-refractivity contribution < 1.29 is 0 Å². The molecule has 0 spiro atoms. The molecule has 0 atom stereocenters. The van der Waals surface area contributed by atoms with Crippen molar-refractivity contribution in [1.29, 1.82) is 0 Å². The number of nitrogens with zero attached hydrogens (tertiary/aromatic N) is 2.